The van der Waals surface area contributed by atoms with Crippen molar-refractivity contribution in [2.45, 2.75) is 31.7 Å². The second kappa shape index (κ2) is 5.65. The minimum Gasteiger partial charge on any atom is -0.497 e. The predicted molar refractivity (Wildman–Crippen MR) is 65.8 cm³/mol. The maximum atomic E-state index is 10.6. The molecule has 0 aliphatic heterocycles. The molecule has 1 saturated carbocycles. The van der Waals surface area contributed by atoms with Crippen LogP contribution in [0.4, 0.5) is 0 Å². The van der Waals surface area contributed by atoms with Crippen LogP contribution in [0.25, 0.3) is 0 Å². The number of hydrogen-bond acceptors (Lipinski definition) is 3. The highest BCUT2D eigenvalue weighted by Crippen LogP contribution is 2.38. The van der Waals surface area contributed by atoms with E-state index in [1.54, 1.807) is 13.2 Å². The number of nitrogens with zero attached hydrogens (tertiary/aromatic N) is 1. The Labute approximate surface area is 102 Å². The molecule has 0 N–H and O–H groups in total. The molecule has 1 aliphatic carbocycles. The molecule has 1 aromatic rings. The number of carbonyl (C=O) groups excluding carboxylic acids is 1. The van der Waals surface area contributed by atoms with Crippen LogP contribution in [0.15, 0.2) is 29.3 Å². The van der Waals surface area contributed by atoms with E-state index in [0.717, 1.165) is 24.2 Å². The maximum absolute atomic E-state index is 10.6. The van der Waals surface area contributed by atoms with Crippen LogP contribution in [-0.2, 0) is 4.79 Å². The molecule has 1 unspecified atom stereocenters. The fraction of sp³-hybridized carbons (Fsp3) is 0.500. The number of isocyanates is 1. The number of hydrogen-bond donors (Lipinski definition) is 0. The first-order valence-electron chi connectivity index (χ1n) is 6.06. The molecule has 0 heterocycles. The van der Waals surface area contributed by atoms with E-state index in [1.807, 2.05) is 24.3 Å². The molecule has 1 aromatic carbocycles. The standard InChI is InChI=1S/C14H17NO2/c1-17-13-8-6-12(7-9-13)14(15-10-16)11-4-2-3-5-11/h6-9,11,14H,2-5H2,1H3. The molecule has 0 aromatic heterocycles. The van der Waals surface area contributed by atoms with Crippen molar-refractivity contribution in [3.05, 3.63) is 29.8 Å². The Bertz CT molecular complexity index is 401. The number of aliphatic imine (C=N–C) groups is 1. The summed E-state index contributed by atoms with van der Waals surface area (Å²) in [6, 6.07) is 7.78. The van der Waals surface area contributed by atoms with Gasteiger partial charge in [0.15, 0.2) is 0 Å². The first kappa shape index (κ1) is 11.9. The van der Waals surface area contributed by atoms with Crippen molar-refractivity contribution in [2.24, 2.45) is 10.9 Å². The van der Waals surface area contributed by atoms with Gasteiger partial charge in [0.25, 0.3) is 0 Å². The summed E-state index contributed by atoms with van der Waals surface area (Å²) in [6.07, 6.45) is 6.51. The summed E-state index contributed by atoms with van der Waals surface area (Å²) in [7, 11) is 1.65. The summed E-state index contributed by atoms with van der Waals surface area (Å²) in [4.78, 5) is 14.5. The average molecular weight is 231 g/mol. The Kier molecular flexibility index (Phi) is 3.94. The lowest BCUT2D eigenvalue weighted by Gasteiger charge is -2.18. The van der Waals surface area contributed by atoms with E-state index in [-0.39, 0.29) is 6.04 Å². The Balaban J connectivity index is 2.21. The van der Waals surface area contributed by atoms with E-state index in [0.29, 0.717) is 5.92 Å². The van der Waals surface area contributed by atoms with Gasteiger partial charge in [0, 0.05) is 0 Å². The summed E-state index contributed by atoms with van der Waals surface area (Å²) in [6.45, 7) is 0. The molecule has 90 valence electrons. The van der Waals surface area contributed by atoms with E-state index in [9.17, 15) is 4.79 Å². The Morgan fingerprint density at radius 1 is 1.29 bits per heavy atom. The van der Waals surface area contributed by atoms with E-state index in [4.69, 9.17) is 4.74 Å². The lowest BCUT2D eigenvalue weighted by atomic mass is 9.92. The maximum Gasteiger partial charge on any atom is 0.235 e. The molecule has 0 spiro atoms. The molecule has 1 atom stereocenters. The van der Waals surface area contributed by atoms with Gasteiger partial charge in [-0.25, -0.2) is 4.79 Å². The van der Waals surface area contributed by atoms with Gasteiger partial charge in [-0.1, -0.05) is 25.0 Å². The van der Waals surface area contributed by atoms with Crippen LogP contribution in [0, 0.1) is 5.92 Å². The molecular weight excluding hydrogens is 214 g/mol. The van der Waals surface area contributed by atoms with E-state index < -0.39 is 0 Å². The normalized spacial score (nSPS) is 17.5. The first-order chi connectivity index (χ1) is 8.35. The SMILES string of the molecule is COc1ccc(C(N=C=O)C2CCCC2)cc1. The third-order valence-electron chi connectivity index (χ3n) is 3.50. The quantitative estimate of drug-likeness (QED) is 0.589. The van der Waals surface area contributed by atoms with Crippen molar-refractivity contribution in [1.29, 1.82) is 0 Å². The van der Waals surface area contributed by atoms with Gasteiger partial charge in [-0.15, -0.1) is 0 Å². The second-order valence-corrected chi connectivity index (χ2v) is 4.48. The number of rotatable bonds is 4. The smallest absolute Gasteiger partial charge is 0.235 e. The highest BCUT2D eigenvalue weighted by atomic mass is 16.5. The lowest BCUT2D eigenvalue weighted by molar-refractivity contribution is 0.413. The summed E-state index contributed by atoms with van der Waals surface area (Å²) in [5.41, 5.74) is 1.08. The lowest BCUT2D eigenvalue weighted by Crippen LogP contribution is -2.07. The van der Waals surface area contributed by atoms with Crippen LogP contribution < -0.4 is 4.74 Å². The van der Waals surface area contributed by atoms with Crippen molar-refractivity contribution < 1.29 is 9.53 Å². The van der Waals surface area contributed by atoms with Crippen LogP contribution in [0.1, 0.15) is 37.3 Å². The van der Waals surface area contributed by atoms with Gasteiger partial charge in [-0.3, -0.25) is 0 Å². The number of ether oxygens (including phenoxy) is 1. The van der Waals surface area contributed by atoms with Crippen molar-refractivity contribution >= 4 is 6.08 Å². The highest BCUT2D eigenvalue weighted by Gasteiger charge is 2.26. The Hall–Kier alpha value is -1.60. The third kappa shape index (κ3) is 2.75. The van der Waals surface area contributed by atoms with E-state index in [2.05, 4.69) is 4.99 Å². The van der Waals surface area contributed by atoms with Gasteiger partial charge >= 0.3 is 0 Å². The van der Waals surface area contributed by atoms with Crippen molar-refractivity contribution in [3.8, 4) is 5.75 Å². The van der Waals surface area contributed by atoms with Gasteiger partial charge in [0.1, 0.15) is 5.75 Å². The summed E-state index contributed by atoms with van der Waals surface area (Å²) in [5, 5.41) is 0. The largest absolute Gasteiger partial charge is 0.497 e. The van der Waals surface area contributed by atoms with Crippen LogP contribution in [0.5, 0.6) is 5.75 Å². The average Bonchev–Trinajstić information content (AvgIpc) is 2.90. The molecule has 2 rings (SSSR count). The number of methoxy groups -OCH3 is 1. The zero-order chi connectivity index (χ0) is 12.1. The second-order valence-electron chi connectivity index (χ2n) is 4.48. The number of benzene rings is 1. The Morgan fingerprint density at radius 2 is 1.94 bits per heavy atom. The molecule has 3 heteroatoms. The fourth-order valence-electron chi connectivity index (χ4n) is 2.58. The molecule has 1 aliphatic rings. The first-order valence-corrected chi connectivity index (χ1v) is 6.06. The van der Waals surface area contributed by atoms with Gasteiger partial charge in [-0.05, 0) is 36.5 Å². The summed E-state index contributed by atoms with van der Waals surface area (Å²) < 4.78 is 5.13. The van der Waals surface area contributed by atoms with Crippen LogP contribution in [-0.4, -0.2) is 13.2 Å². The highest BCUT2D eigenvalue weighted by molar-refractivity contribution is 5.37. The summed E-state index contributed by atoms with van der Waals surface area (Å²) >= 11 is 0. The fourth-order valence-corrected chi connectivity index (χ4v) is 2.58. The van der Waals surface area contributed by atoms with Gasteiger partial charge in [0.05, 0.1) is 13.2 Å². The summed E-state index contributed by atoms with van der Waals surface area (Å²) in [5.74, 6) is 1.32. The zero-order valence-electron chi connectivity index (χ0n) is 10.1. The monoisotopic (exact) mass is 231 g/mol. The van der Waals surface area contributed by atoms with Gasteiger partial charge in [-0.2, -0.15) is 4.99 Å². The third-order valence-corrected chi connectivity index (χ3v) is 3.50. The molecule has 3 nitrogen and oxygen atoms in total. The minimum atomic E-state index is -0.0269. The molecule has 1 fully saturated rings. The zero-order valence-corrected chi connectivity index (χ0v) is 10.1. The van der Waals surface area contributed by atoms with Crippen molar-refractivity contribution in [2.75, 3.05) is 7.11 Å². The van der Waals surface area contributed by atoms with Crippen LogP contribution in [0.3, 0.4) is 0 Å². The van der Waals surface area contributed by atoms with Gasteiger partial charge < -0.3 is 4.74 Å². The molecule has 0 amide bonds. The molecule has 0 bridgehead atoms. The van der Waals surface area contributed by atoms with Crippen molar-refractivity contribution in [3.63, 3.8) is 0 Å². The van der Waals surface area contributed by atoms with Crippen molar-refractivity contribution in [1.82, 2.24) is 0 Å². The molecule has 0 radical (unpaired) electrons. The van der Waals surface area contributed by atoms with Gasteiger partial charge in [0.2, 0.25) is 6.08 Å². The topological polar surface area (TPSA) is 38.7 Å². The predicted octanol–water partition coefficient (Wildman–Crippen LogP) is 3.26. The Morgan fingerprint density at radius 3 is 2.47 bits per heavy atom. The molecule has 0 saturated heterocycles. The molecular formula is C14H17NO2. The van der Waals surface area contributed by atoms with E-state index >= 15 is 0 Å². The van der Waals surface area contributed by atoms with Crippen LogP contribution >= 0.6 is 0 Å². The van der Waals surface area contributed by atoms with E-state index in [1.165, 1.54) is 12.8 Å². The molecule has 17 heavy (non-hydrogen) atoms. The minimum absolute atomic E-state index is 0.0269. The van der Waals surface area contributed by atoms with Crippen LogP contribution in [0.2, 0.25) is 0 Å².